The minimum atomic E-state index is -0.319. The quantitative estimate of drug-likeness (QED) is 0.185. The van der Waals surface area contributed by atoms with Gasteiger partial charge in [-0.1, -0.05) is 59.8 Å². The number of amides is 1. The fraction of sp³-hybridized carbons (Fsp3) is 0.115. The monoisotopic (exact) mass is 522 g/mol. The van der Waals surface area contributed by atoms with Crippen molar-refractivity contribution in [2.45, 2.75) is 17.0 Å². The minimum Gasteiger partial charge on any atom is -0.361 e. The van der Waals surface area contributed by atoms with E-state index in [2.05, 4.69) is 15.0 Å². The fourth-order valence-corrected chi connectivity index (χ4v) is 5.73. The summed E-state index contributed by atoms with van der Waals surface area (Å²) in [6.07, 6.45) is 3.40. The number of H-pyrrole nitrogens is 1. The van der Waals surface area contributed by atoms with Crippen LogP contribution < -0.4 is 0 Å². The van der Waals surface area contributed by atoms with Gasteiger partial charge in [0.2, 0.25) is 0 Å². The number of thiophene rings is 1. The first-order valence-corrected chi connectivity index (χ1v) is 13.0. The molecule has 0 saturated carbocycles. The van der Waals surface area contributed by atoms with E-state index in [1.165, 1.54) is 30.1 Å². The van der Waals surface area contributed by atoms with Crippen molar-refractivity contribution in [1.82, 2.24) is 19.9 Å². The van der Waals surface area contributed by atoms with Gasteiger partial charge >= 0.3 is 0 Å². The van der Waals surface area contributed by atoms with Gasteiger partial charge in [-0.3, -0.25) is 4.79 Å². The van der Waals surface area contributed by atoms with Crippen molar-refractivity contribution in [3.05, 3.63) is 111 Å². The van der Waals surface area contributed by atoms with Gasteiger partial charge in [-0.25, -0.2) is 14.4 Å². The molecule has 2 aromatic carbocycles. The molecule has 5 aromatic rings. The Labute approximate surface area is 215 Å². The van der Waals surface area contributed by atoms with Gasteiger partial charge in [-0.05, 0) is 35.2 Å². The molecule has 5 nitrogen and oxygen atoms in total. The summed E-state index contributed by atoms with van der Waals surface area (Å²) in [6, 6.07) is 17.9. The highest BCUT2D eigenvalue weighted by molar-refractivity contribution is 7.98. The lowest BCUT2D eigenvalue weighted by Crippen LogP contribution is -2.32. The van der Waals surface area contributed by atoms with Crippen LogP contribution in [-0.2, 0) is 5.75 Å². The molecule has 0 saturated heterocycles. The highest BCUT2D eigenvalue weighted by Gasteiger charge is 2.29. The van der Waals surface area contributed by atoms with Crippen LogP contribution in [0, 0.1) is 5.82 Å². The van der Waals surface area contributed by atoms with E-state index in [1.807, 2.05) is 48.0 Å². The summed E-state index contributed by atoms with van der Waals surface area (Å²) in [5.41, 5.74) is 3.07. The van der Waals surface area contributed by atoms with Gasteiger partial charge in [0.15, 0.2) is 10.9 Å². The Hall–Kier alpha value is -3.20. The van der Waals surface area contributed by atoms with E-state index in [-0.39, 0.29) is 28.5 Å². The molecule has 9 heteroatoms. The fourth-order valence-electron chi connectivity index (χ4n) is 3.90. The van der Waals surface area contributed by atoms with Gasteiger partial charge in [0.1, 0.15) is 5.82 Å². The highest BCUT2D eigenvalue weighted by atomic mass is 35.5. The molecule has 1 unspecified atom stereocenters. The van der Waals surface area contributed by atoms with E-state index in [9.17, 15) is 9.18 Å². The average molecular weight is 523 g/mol. The summed E-state index contributed by atoms with van der Waals surface area (Å²) in [7, 11) is 1.76. The van der Waals surface area contributed by atoms with Crippen LogP contribution in [0.2, 0.25) is 5.02 Å². The Bertz CT molecular complexity index is 1470. The number of aromatic nitrogens is 3. The number of benzene rings is 2. The van der Waals surface area contributed by atoms with Crippen LogP contribution in [-0.4, -0.2) is 32.8 Å². The van der Waals surface area contributed by atoms with Crippen molar-refractivity contribution >= 4 is 51.5 Å². The molecule has 0 radical (unpaired) electrons. The van der Waals surface area contributed by atoms with Crippen LogP contribution in [0.4, 0.5) is 4.39 Å². The third-order valence-corrected chi connectivity index (χ3v) is 7.78. The van der Waals surface area contributed by atoms with Gasteiger partial charge in [0.05, 0.1) is 17.3 Å². The summed E-state index contributed by atoms with van der Waals surface area (Å²) in [4.78, 5) is 28.5. The Balaban J connectivity index is 1.45. The standard InChI is InChI=1S/C26H20ClFN4OS2/c1-32(24(22-7-4-12-34-22)19-13-29-21-6-3-2-5-18(19)21)25(33)23-20(27)14-30-26(31-23)35-15-16-8-10-17(28)11-9-16/h2-14,24,29H,15H2,1H3. The van der Waals surface area contributed by atoms with E-state index in [4.69, 9.17) is 11.6 Å². The molecule has 35 heavy (non-hydrogen) atoms. The second-order valence-electron chi connectivity index (χ2n) is 7.89. The average Bonchev–Trinajstić information content (AvgIpc) is 3.55. The van der Waals surface area contributed by atoms with Crippen molar-refractivity contribution in [3.63, 3.8) is 0 Å². The number of hydrogen-bond donors (Lipinski definition) is 1. The van der Waals surface area contributed by atoms with E-state index >= 15 is 0 Å². The predicted octanol–water partition coefficient (Wildman–Crippen LogP) is 6.97. The van der Waals surface area contributed by atoms with Gasteiger partial charge in [-0.2, -0.15) is 0 Å². The Morgan fingerprint density at radius 1 is 1.17 bits per heavy atom. The zero-order valence-electron chi connectivity index (χ0n) is 18.6. The largest absolute Gasteiger partial charge is 0.361 e. The van der Waals surface area contributed by atoms with E-state index < -0.39 is 0 Å². The van der Waals surface area contributed by atoms with Crippen LogP contribution in [0.25, 0.3) is 10.9 Å². The first kappa shape index (κ1) is 23.5. The van der Waals surface area contributed by atoms with Gasteiger partial charge in [0, 0.05) is 40.3 Å². The summed E-state index contributed by atoms with van der Waals surface area (Å²) >= 11 is 9.34. The molecule has 0 aliphatic heterocycles. The number of nitrogens with one attached hydrogen (secondary N) is 1. The van der Waals surface area contributed by atoms with Gasteiger partial charge in [-0.15, -0.1) is 11.3 Å². The molecule has 1 amide bonds. The van der Waals surface area contributed by atoms with Crippen molar-refractivity contribution in [1.29, 1.82) is 0 Å². The lowest BCUT2D eigenvalue weighted by Gasteiger charge is -2.27. The molecule has 1 N–H and O–H groups in total. The number of carbonyl (C=O) groups is 1. The number of rotatable bonds is 7. The Kier molecular flexibility index (Phi) is 6.86. The number of thioether (sulfide) groups is 1. The van der Waals surface area contributed by atoms with Crippen LogP contribution in [0.15, 0.2) is 83.6 Å². The molecule has 3 aromatic heterocycles. The second kappa shape index (κ2) is 10.2. The molecule has 0 aliphatic carbocycles. The van der Waals surface area contributed by atoms with E-state index in [0.29, 0.717) is 10.9 Å². The molecule has 0 fully saturated rings. The normalized spacial score (nSPS) is 12.1. The molecule has 3 heterocycles. The maximum atomic E-state index is 13.7. The molecule has 0 bridgehead atoms. The molecule has 176 valence electrons. The first-order chi connectivity index (χ1) is 17.0. The predicted molar refractivity (Wildman–Crippen MR) is 140 cm³/mol. The van der Waals surface area contributed by atoms with Gasteiger partial charge < -0.3 is 9.88 Å². The van der Waals surface area contributed by atoms with E-state index in [1.54, 1.807) is 35.4 Å². The summed E-state index contributed by atoms with van der Waals surface area (Å²) < 4.78 is 13.2. The smallest absolute Gasteiger partial charge is 0.274 e. The molecule has 5 rings (SSSR count). The number of carbonyl (C=O) groups excluding carboxylic acids is 1. The van der Waals surface area contributed by atoms with Crippen molar-refractivity contribution in [3.8, 4) is 0 Å². The number of aromatic amines is 1. The summed E-state index contributed by atoms with van der Waals surface area (Å²) in [5, 5.41) is 3.67. The number of nitrogens with zero attached hydrogens (tertiary/aromatic N) is 3. The molecular weight excluding hydrogens is 503 g/mol. The Morgan fingerprint density at radius 2 is 1.97 bits per heavy atom. The molecule has 0 spiro atoms. The van der Waals surface area contributed by atoms with Crippen LogP contribution in [0.3, 0.4) is 0 Å². The number of hydrogen-bond acceptors (Lipinski definition) is 5. The first-order valence-electron chi connectivity index (χ1n) is 10.8. The van der Waals surface area contributed by atoms with Crippen molar-refractivity contribution in [2.24, 2.45) is 0 Å². The molecular formula is C26H20ClFN4OS2. The molecule has 1 atom stereocenters. The van der Waals surface area contributed by atoms with Crippen LogP contribution in [0.5, 0.6) is 0 Å². The lowest BCUT2D eigenvalue weighted by molar-refractivity contribution is 0.0751. The zero-order valence-corrected chi connectivity index (χ0v) is 21.0. The maximum Gasteiger partial charge on any atom is 0.274 e. The lowest BCUT2D eigenvalue weighted by atomic mass is 10.0. The molecule has 0 aliphatic rings. The van der Waals surface area contributed by atoms with Crippen LogP contribution in [0.1, 0.15) is 32.5 Å². The number of fused-ring (bicyclic) bond motifs is 1. The highest BCUT2D eigenvalue weighted by Crippen LogP contribution is 2.36. The third-order valence-electron chi connectivity index (χ3n) is 5.64. The SMILES string of the molecule is CN(C(=O)c1nc(SCc2ccc(F)cc2)ncc1Cl)C(c1cccs1)c1c[nH]c2ccccc12. The summed E-state index contributed by atoms with van der Waals surface area (Å²) in [5.74, 6) is -0.0453. The third kappa shape index (κ3) is 4.96. The van der Waals surface area contributed by atoms with Crippen molar-refractivity contribution < 1.29 is 9.18 Å². The number of para-hydroxylation sites is 1. The Morgan fingerprint density at radius 3 is 2.74 bits per heavy atom. The van der Waals surface area contributed by atoms with Gasteiger partial charge in [0.25, 0.3) is 5.91 Å². The topological polar surface area (TPSA) is 61.9 Å². The maximum absolute atomic E-state index is 13.7. The second-order valence-corrected chi connectivity index (χ2v) is 10.2. The number of halogens is 2. The zero-order chi connectivity index (χ0) is 24.4. The van der Waals surface area contributed by atoms with Crippen molar-refractivity contribution in [2.75, 3.05) is 7.05 Å². The van der Waals surface area contributed by atoms with E-state index in [0.717, 1.165) is 26.9 Å². The minimum absolute atomic E-state index is 0.146. The summed E-state index contributed by atoms with van der Waals surface area (Å²) in [6.45, 7) is 0. The van der Waals surface area contributed by atoms with Crippen LogP contribution >= 0.6 is 34.7 Å².